The van der Waals surface area contributed by atoms with E-state index in [4.69, 9.17) is 0 Å². The topological polar surface area (TPSA) is 43.1 Å². The monoisotopic (exact) mass is 383 g/mol. The number of hydrogen-bond donors (Lipinski definition) is 0. The summed E-state index contributed by atoms with van der Waals surface area (Å²) in [7, 11) is 0. The van der Waals surface area contributed by atoms with Crippen molar-refractivity contribution >= 4 is 11.8 Å². The molecule has 3 nitrogen and oxygen atoms in total. The molecule has 1 atom stereocenters. The van der Waals surface area contributed by atoms with Crippen LogP contribution in [0.15, 0.2) is 45.7 Å². The van der Waals surface area contributed by atoms with Gasteiger partial charge in [-0.2, -0.15) is 0 Å². The van der Waals surface area contributed by atoms with Crippen molar-refractivity contribution in [2.45, 2.75) is 59.3 Å². The fraction of sp³-hybridized carbons (Fsp3) is 0.478. The van der Waals surface area contributed by atoms with E-state index in [0.29, 0.717) is 12.3 Å². The number of thioether (sulfide) groups is 1. The molecule has 1 aliphatic carbocycles. The summed E-state index contributed by atoms with van der Waals surface area (Å²) in [6.45, 7) is 6.49. The van der Waals surface area contributed by atoms with E-state index in [1.54, 1.807) is 0 Å². The second-order valence-electron chi connectivity index (χ2n) is 7.79. The minimum absolute atomic E-state index is 0.00186. The first-order valence-electron chi connectivity index (χ1n) is 9.91. The van der Waals surface area contributed by atoms with E-state index in [9.17, 15) is 10.1 Å². The van der Waals surface area contributed by atoms with E-state index in [0.717, 1.165) is 17.5 Å². The first-order valence-corrected chi connectivity index (χ1v) is 10.8. The van der Waals surface area contributed by atoms with Gasteiger partial charge in [0.25, 0.3) is 0 Å². The van der Waals surface area contributed by atoms with Crippen molar-refractivity contribution in [1.29, 1.82) is 0 Å². The molecule has 2 aliphatic rings. The van der Waals surface area contributed by atoms with Gasteiger partial charge in [0.2, 0.25) is 6.54 Å². The van der Waals surface area contributed by atoms with Gasteiger partial charge in [0, 0.05) is 16.2 Å². The van der Waals surface area contributed by atoms with E-state index < -0.39 is 0 Å². The average Bonchev–Trinajstić information content (AvgIpc) is 2.65. The van der Waals surface area contributed by atoms with Gasteiger partial charge in [-0.25, -0.2) is 0 Å². The molecule has 1 aliphatic heterocycles. The molecule has 3 rings (SSSR count). The second kappa shape index (κ2) is 8.92. The van der Waals surface area contributed by atoms with Crippen LogP contribution in [0.25, 0.3) is 0 Å². The molecular weight excluding hydrogens is 354 g/mol. The molecule has 4 heteroatoms. The third kappa shape index (κ3) is 5.13. The molecule has 1 heterocycles. The van der Waals surface area contributed by atoms with Gasteiger partial charge in [0.1, 0.15) is 0 Å². The van der Waals surface area contributed by atoms with Crippen LogP contribution in [-0.4, -0.2) is 11.5 Å². The molecule has 1 unspecified atom stereocenters. The fourth-order valence-electron chi connectivity index (χ4n) is 3.89. The van der Waals surface area contributed by atoms with Crippen LogP contribution in [-0.2, 0) is 12.8 Å². The summed E-state index contributed by atoms with van der Waals surface area (Å²) < 4.78 is 0. The molecule has 144 valence electrons. The number of allylic oxidation sites excluding steroid dienone is 4. The van der Waals surface area contributed by atoms with Gasteiger partial charge in [-0.05, 0) is 85.1 Å². The van der Waals surface area contributed by atoms with E-state index in [2.05, 4.69) is 50.5 Å². The Hall–Kier alpha value is -1.81. The van der Waals surface area contributed by atoms with Crippen molar-refractivity contribution in [3.63, 3.8) is 0 Å². The van der Waals surface area contributed by atoms with Gasteiger partial charge in [-0.1, -0.05) is 48.5 Å². The number of aryl methyl sites for hydroxylation is 2. The van der Waals surface area contributed by atoms with E-state index in [1.165, 1.54) is 52.9 Å². The fourth-order valence-corrected chi connectivity index (χ4v) is 5.09. The summed E-state index contributed by atoms with van der Waals surface area (Å²) >= 11 is 1.88. The van der Waals surface area contributed by atoms with Crippen LogP contribution in [0.5, 0.6) is 0 Å². The quantitative estimate of drug-likeness (QED) is 0.426. The molecule has 1 aromatic rings. The molecule has 0 aromatic heterocycles. The third-order valence-corrected chi connectivity index (χ3v) is 6.76. The lowest BCUT2D eigenvalue weighted by Crippen LogP contribution is -2.08. The van der Waals surface area contributed by atoms with E-state index in [1.807, 2.05) is 11.8 Å². The maximum Gasteiger partial charge on any atom is 0.207 e. The Morgan fingerprint density at radius 2 is 1.93 bits per heavy atom. The van der Waals surface area contributed by atoms with Crippen molar-refractivity contribution < 1.29 is 4.92 Å². The molecule has 0 amide bonds. The molecule has 0 radical (unpaired) electrons. The summed E-state index contributed by atoms with van der Waals surface area (Å²) in [6.07, 6.45) is 11.4. The van der Waals surface area contributed by atoms with Gasteiger partial charge < -0.3 is 0 Å². The summed E-state index contributed by atoms with van der Waals surface area (Å²) in [5, 5.41) is 13.0. The number of hydrogen-bond acceptors (Lipinski definition) is 3. The standard InChI is InChI=1S/C23H29NO2S/c1-16-12-21(17(2)11-20(16)9-10-24(25)26)14-22-15-27-23(13-18(22)3)19-7-5-4-6-8-19/h7,11-13,15,18H,4-6,8-10,14H2,1-3H3. The number of rotatable bonds is 6. The van der Waals surface area contributed by atoms with Crippen LogP contribution in [0.3, 0.4) is 0 Å². The second-order valence-corrected chi connectivity index (χ2v) is 8.70. The molecular formula is C23H29NO2S. The predicted molar refractivity (Wildman–Crippen MR) is 115 cm³/mol. The van der Waals surface area contributed by atoms with Gasteiger partial charge >= 0.3 is 0 Å². The number of nitrogens with zero attached hydrogens (tertiary/aromatic N) is 1. The molecule has 0 fully saturated rings. The number of nitro groups is 1. The summed E-state index contributed by atoms with van der Waals surface area (Å²) in [5.74, 6) is 0.456. The van der Waals surface area contributed by atoms with Gasteiger partial charge in [-0.3, -0.25) is 10.1 Å². The van der Waals surface area contributed by atoms with Crippen molar-refractivity contribution in [3.8, 4) is 0 Å². The van der Waals surface area contributed by atoms with E-state index in [-0.39, 0.29) is 11.5 Å². The maximum absolute atomic E-state index is 10.7. The van der Waals surface area contributed by atoms with Crippen LogP contribution in [0.1, 0.15) is 54.9 Å². The van der Waals surface area contributed by atoms with Crippen LogP contribution in [0, 0.1) is 29.9 Å². The Labute approximate surface area is 166 Å². The maximum atomic E-state index is 10.7. The number of benzene rings is 1. The highest BCUT2D eigenvalue weighted by molar-refractivity contribution is 8.06. The lowest BCUT2D eigenvalue weighted by molar-refractivity contribution is -0.479. The van der Waals surface area contributed by atoms with Crippen molar-refractivity contribution in [1.82, 2.24) is 0 Å². The molecule has 0 bridgehead atoms. The zero-order valence-corrected chi connectivity index (χ0v) is 17.4. The van der Waals surface area contributed by atoms with Crippen LogP contribution in [0.4, 0.5) is 0 Å². The highest BCUT2D eigenvalue weighted by Crippen LogP contribution is 2.39. The zero-order chi connectivity index (χ0) is 19.4. The SMILES string of the molecule is Cc1cc(CC2=CSC(C3=CCCCC3)=CC2C)c(C)cc1CC[N+](=O)[O-]. The third-order valence-electron chi connectivity index (χ3n) is 5.68. The van der Waals surface area contributed by atoms with Crippen molar-refractivity contribution in [2.24, 2.45) is 5.92 Å². The molecule has 0 N–H and O–H groups in total. The van der Waals surface area contributed by atoms with Gasteiger partial charge in [0.15, 0.2) is 0 Å². The minimum atomic E-state index is -0.236. The van der Waals surface area contributed by atoms with Crippen LogP contribution in [0.2, 0.25) is 0 Å². The minimum Gasteiger partial charge on any atom is -0.265 e. The first kappa shape index (κ1) is 19.9. The molecule has 27 heavy (non-hydrogen) atoms. The Morgan fingerprint density at radius 3 is 2.59 bits per heavy atom. The molecule has 0 spiro atoms. The molecule has 1 aromatic carbocycles. The van der Waals surface area contributed by atoms with E-state index >= 15 is 0 Å². The summed E-state index contributed by atoms with van der Waals surface area (Å²) in [6, 6.07) is 4.37. The van der Waals surface area contributed by atoms with Crippen LogP contribution < -0.4 is 0 Å². The Balaban J connectivity index is 1.70. The van der Waals surface area contributed by atoms with Gasteiger partial charge in [-0.15, -0.1) is 0 Å². The van der Waals surface area contributed by atoms with Gasteiger partial charge in [0.05, 0.1) is 0 Å². The highest BCUT2D eigenvalue weighted by atomic mass is 32.2. The normalized spacial score (nSPS) is 20.0. The van der Waals surface area contributed by atoms with Crippen LogP contribution >= 0.6 is 11.8 Å². The lowest BCUT2D eigenvalue weighted by atomic mass is 9.89. The largest absolute Gasteiger partial charge is 0.265 e. The predicted octanol–water partition coefficient (Wildman–Crippen LogP) is 6.32. The van der Waals surface area contributed by atoms with Crippen molar-refractivity contribution in [3.05, 3.63) is 78.1 Å². The summed E-state index contributed by atoms with van der Waals surface area (Å²) in [5.41, 5.74) is 7.83. The Kier molecular flexibility index (Phi) is 6.59. The Bertz CT molecular complexity index is 820. The molecule has 0 saturated heterocycles. The first-order chi connectivity index (χ1) is 12.9. The molecule has 0 saturated carbocycles. The Morgan fingerprint density at radius 1 is 1.19 bits per heavy atom. The average molecular weight is 384 g/mol. The summed E-state index contributed by atoms with van der Waals surface area (Å²) in [4.78, 5) is 11.9. The lowest BCUT2D eigenvalue weighted by Gasteiger charge is -2.23. The zero-order valence-electron chi connectivity index (χ0n) is 16.6. The smallest absolute Gasteiger partial charge is 0.207 e. The van der Waals surface area contributed by atoms with Crippen molar-refractivity contribution in [2.75, 3.05) is 6.54 Å². The highest BCUT2D eigenvalue weighted by Gasteiger charge is 2.18.